The van der Waals surface area contributed by atoms with Gasteiger partial charge in [0.05, 0.1) is 0 Å². The molecule has 2 aromatic carbocycles. The van der Waals surface area contributed by atoms with Crippen LogP contribution in [0.15, 0.2) is 54.6 Å². The molecule has 1 saturated heterocycles. The first-order valence-corrected chi connectivity index (χ1v) is 10.5. The topological polar surface area (TPSA) is 23.6 Å². The van der Waals surface area contributed by atoms with Crippen molar-refractivity contribution < 1.29 is 4.79 Å². The van der Waals surface area contributed by atoms with Crippen LogP contribution in [-0.4, -0.2) is 47.9 Å². The molecule has 140 valence electrons. The summed E-state index contributed by atoms with van der Waals surface area (Å²) in [6.45, 7) is 3.82. The van der Waals surface area contributed by atoms with Crippen molar-refractivity contribution in [3.8, 4) is 11.1 Å². The van der Waals surface area contributed by atoms with Gasteiger partial charge in [-0.3, -0.25) is 9.69 Å². The Balaban J connectivity index is 1.21. The lowest BCUT2D eigenvalue weighted by atomic mass is 9.93. The SMILES string of the molecule is O=C(c1ccc(-c2ccccc2)cc1)N1CCN([C@H]2C[C@@H]3CC[C@@H]2C3)CC1. The molecule has 2 aromatic rings. The van der Waals surface area contributed by atoms with Crippen molar-refractivity contribution in [3.63, 3.8) is 0 Å². The highest BCUT2D eigenvalue weighted by atomic mass is 16.2. The minimum atomic E-state index is 0.183. The van der Waals surface area contributed by atoms with Gasteiger partial charge < -0.3 is 4.90 Å². The van der Waals surface area contributed by atoms with Gasteiger partial charge in [-0.15, -0.1) is 0 Å². The third kappa shape index (κ3) is 3.29. The Morgan fingerprint density at radius 1 is 0.778 bits per heavy atom. The van der Waals surface area contributed by atoms with Crippen LogP contribution in [0.4, 0.5) is 0 Å². The smallest absolute Gasteiger partial charge is 0.253 e. The number of carbonyl (C=O) groups excluding carboxylic acids is 1. The predicted molar refractivity (Wildman–Crippen MR) is 109 cm³/mol. The number of piperazine rings is 1. The van der Waals surface area contributed by atoms with Gasteiger partial charge in [0.25, 0.3) is 5.91 Å². The molecule has 1 heterocycles. The summed E-state index contributed by atoms with van der Waals surface area (Å²) in [5.74, 6) is 2.10. The lowest BCUT2D eigenvalue weighted by molar-refractivity contribution is 0.0496. The fourth-order valence-corrected chi connectivity index (χ4v) is 5.53. The van der Waals surface area contributed by atoms with Gasteiger partial charge in [-0.2, -0.15) is 0 Å². The second-order valence-electron chi connectivity index (χ2n) is 8.51. The predicted octanol–water partition coefficient (Wildman–Crippen LogP) is 4.30. The van der Waals surface area contributed by atoms with Gasteiger partial charge in [0.2, 0.25) is 0 Å². The van der Waals surface area contributed by atoms with E-state index in [1.807, 2.05) is 35.2 Å². The van der Waals surface area contributed by atoms with E-state index in [4.69, 9.17) is 0 Å². The second kappa shape index (κ2) is 7.12. The van der Waals surface area contributed by atoms with Crippen molar-refractivity contribution >= 4 is 5.91 Å². The molecule has 1 amide bonds. The standard InChI is InChI=1S/C24H28N2O/c27-24(21-10-8-20(9-11-21)19-4-2-1-3-5-19)26-14-12-25(13-15-26)23-17-18-6-7-22(23)16-18/h1-5,8-11,18,22-23H,6-7,12-17H2/t18-,22-,23+/m1/s1. The molecule has 5 rings (SSSR count). The van der Waals surface area contributed by atoms with Crippen LogP contribution in [-0.2, 0) is 0 Å². The third-order valence-electron chi connectivity index (χ3n) is 7.01. The number of hydrogen-bond donors (Lipinski definition) is 0. The molecule has 0 unspecified atom stereocenters. The van der Waals surface area contributed by atoms with Crippen molar-refractivity contribution in [3.05, 3.63) is 60.2 Å². The van der Waals surface area contributed by atoms with Crippen molar-refractivity contribution in [2.45, 2.75) is 31.7 Å². The summed E-state index contributed by atoms with van der Waals surface area (Å²) in [5.41, 5.74) is 3.16. The van der Waals surface area contributed by atoms with Gasteiger partial charge in [-0.05, 0) is 54.4 Å². The molecule has 3 atom stereocenters. The Morgan fingerprint density at radius 2 is 1.48 bits per heavy atom. The normalized spacial score (nSPS) is 27.9. The van der Waals surface area contributed by atoms with Crippen LogP contribution in [0.25, 0.3) is 11.1 Å². The summed E-state index contributed by atoms with van der Waals surface area (Å²) in [4.78, 5) is 17.6. The van der Waals surface area contributed by atoms with Crippen LogP contribution in [0.5, 0.6) is 0 Å². The summed E-state index contributed by atoms with van der Waals surface area (Å²) in [6.07, 6.45) is 5.75. The number of rotatable bonds is 3. The van der Waals surface area contributed by atoms with Gasteiger partial charge in [-0.25, -0.2) is 0 Å². The highest BCUT2D eigenvalue weighted by Gasteiger charge is 2.42. The zero-order valence-electron chi connectivity index (χ0n) is 15.9. The Hall–Kier alpha value is -2.13. The van der Waals surface area contributed by atoms with E-state index in [1.54, 1.807) is 0 Å². The van der Waals surface area contributed by atoms with Crippen LogP contribution in [0, 0.1) is 11.8 Å². The van der Waals surface area contributed by atoms with E-state index in [2.05, 4.69) is 29.2 Å². The van der Waals surface area contributed by atoms with Gasteiger partial charge in [0, 0.05) is 37.8 Å². The van der Waals surface area contributed by atoms with Crippen LogP contribution >= 0.6 is 0 Å². The fraction of sp³-hybridized carbons (Fsp3) is 0.458. The maximum atomic E-state index is 12.9. The first-order chi connectivity index (χ1) is 13.3. The maximum absolute atomic E-state index is 12.9. The number of fused-ring (bicyclic) bond motifs is 2. The summed E-state index contributed by atoms with van der Waals surface area (Å²) in [6, 6.07) is 19.2. The van der Waals surface area contributed by atoms with Gasteiger partial charge in [0.15, 0.2) is 0 Å². The van der Waals surface area contributed by atoms with Crippen molar-refractivity contribution in [2.75, 3.05) is 26.2 Å². The minimum Gasteiger partial charge on any atom is -0.336 e. The first-order valence-electron chi connectivity index (χ1n) is 10.5. The molecular weight excluding hydrogens is 332 g/mol. The van der Waals surface area contributed by atoms with Crippen LogP contribution in [0.3, 0.4) is 0 Å². The Labute approximate surface area is 162 Å². The molecular formula is C24H28N2O. The van der Waals surface area contributed by atoms with E-state index in [0.717, 1.165) is 55.2 Å². The summed E-state index contributed by atoms with van der Waals surface area (Å²) >= 11 is 0. The minimum absolute atomic E-state index is 0.183. The Kier molecular flexibility index (Phi) is 4.48. The van der Waals surface area contributed by atoms with E-state index in [1.165, 1.54) is 31.2 Å². The zero-order valence-corrected chi connectivity index (χ0v) is 15.9. The Morgan fingerprint density at radius 3 is 2.11 bits per heavy atom. The highest BCUT2D eigenvalue weighted by molar-refractivity contribution is 5.94. The highest BCUT2D eigenvalue weighted by Crippen LogP contribution is 2.46. The van der Waals surface area contributed by atoms with Crippen molar-refractivity contribution in [1.82, 2.24) is 9.80 Å². The van der Waals surface area contributed by atoms with E-state index in [-0.39, 0.29) is 5.91 Å². The largest absolute Gasteiger partial charge is 0.336 e. The molecule has 0 radical (unpaired) electrons. The quantitative estimate of drug-likeness (QED) is 0.815. The summed E-state index contributed by atoms with van der Waals surface area (Å²) < 4.78 is 0. The number of hydrogen-bond acceptors (Lipinski definition) is 2. The Bertz CT molecular complexity index is 793. The second-order valence-corrected chi connectivity index (χ2v) is 8.51. The molecule has 3 nitrogen and oxygen atoms in total. The summed E-state index contributed by atoms with van der Waals surface area (Å²) in [5, 5.41) is 0. The number of nitrogens with zero attached hydrogens (tertiary/aromatic N) is 2. The molecule has 1 aliphatic heterocycles. The molecule has 3 fully saturated rings. The zero-order chi connectivity index (χ0) is 18.2. The average Bonchev–Trinajstić information content (AvgIpc) is 3.38. The number of amides is 1. The molecule has 3 aliphatic rings. The van der Waals surface area contributed by atoms with Crippen molar-refractivity contribution in [2.24, 2.45) is 11.8 Å². The monoisotopic (exact) mass is 360 g/mol. The molecule has 27 heavy (non-hydrogen) atoms. The molecule has 0 spiro atoms. The van der Waals surface area contributed by atoms with Crippen molar-refractivity contribution in [1.29, 1.82) is 0 Å². The number of carbonyl (C=O) groups is 1. The molecule has 2 bridgehead atoms. The maximum Gasteiger partial charge on any atom is 0.253 e. The van der Waals surface area contributed by atoms with Gasteiger partial charge in [-0.1, -0.05) is 48.9 Å². The molecule has 3 heteroatoms. The fourth-order valence-electron chi connectivity index (χ4n) is 5.53. The number of benzene rings is 2. The summed E-state index contributed by atoms with van der Waals surface area (Å²) in [7, 11) is 0. The first kappa shape index (κ1) is 17.0. The van der Waals surface area contributed by atoms with Crippen LogP contribution in [0.2, 0.25) is 0 Å². The van der Waals surface area contributed by atoms with E-state index in [0.29, 0.717) is 0 Å². The van der Waals surface area contributed by atoms with E-state index < -0.39 is 0 Å². The molecule has 2 aliphatic carbocycles. The molecule has 0 aromatic heterocycles. The van der Waals surface area contributed by atoms with Gasteiger partial charge in [0.1, 0.15) is 0 Å². The van der Waals surface area contributed by atoms with Crippen LogP contribution in [0.1, 0.15) is 36.0 Å². The lowest BCUT2D eigenvalue weighted by Gasteiger charge is -2.41. The van der Waals surface area contributed by atoms with E-state index >= 15 is 0 Å². The lowest BCUT2D eigenvalue weighted by Crippen LogP contribution is -2.53. The molecule has 0 N–H and O–H groups in total. The van der Waals surface area contributed by atoms with Gasteiger partial charge >= 0.3 is 0 Å². The molecule has 2 saturated carbocycles. The van der Waals surface area contributed by atoms with E-state index in [9.17, 15) is 4.79 Å². The van der Waals surface area contributed by atoms with Crippen LogP contribution < -0.4 is 0 Å². The third-order valence-corrected chi connectivity index (χ3v) is 7.01. The average molecular weight is 361 g/mol.